The van der Waals surface area contributed by atoms with Gasteiger partial charge in [-0.25, -0.2) is 0 Å². The van der Waals surface area contributed by atoms with Crippen molar-refractivity contribution in [2.75, 3.05) is 27.3 Å². The van der Waals surface area contributed by atoms with E-state index in [-0.39, 0.29) is 5.91 Å². The zero-order valence-electron chi connectivity index (χ0n) is 14.9. The quantitative estimate of drug-likeness (QED) is 0.841. The molecule has 1 unspecified atom stereocenters. The van der Waals surface area contributed by atoms with Gasteiger partial charge in [0.1, 0.15) is 0 Å². The lowest BCUT2D eigenvalue weighted by Crippen LogP contribution is -2.34. The van der Waals surface area contributed by atoms with Crippen LogP contribution in [0.1, 0.15) is 41.1 Å². The third-order valence-electron chi connectivity index (χ3n) is 4.86. The second-order valence-corrected chi connectivity index (χ2v) is 6.40. The molecular weight excluding hydrogens is 314 g/mol. The van der Waals surface area contributed by atoms with Crippen LogP contribution in [0, 0.1) is 0 Å². The van der Waals surface area contributed by atoms with Crippen LogP contribution in [0.4, 0.5) is 0 Å². The Kier molecular flexibility index (Phi) is 5.59. The maximum absolute atomic E-state index is 13.2. The minimum Gasteiger partial charge on any atom is -0.493 e. The maximum atomic E-state index is 13.2. The van der Waals surface area contributed by atoms with E-state index >= 15 is 0 Å². The standard InChI is InChI=1S/C21H25NO3/c1-24-19-13-8-12-18(20(19)25-2)21(23)22-14-7-6-11-17(15-22)16-9-4-3-5-10-16/h3-5,8-10,12-13,17H,6-7,11,14-15H2,1-2H3. The average Bonchev–Trinajstić information content (AvgIpc) is 2.93. The van der Waals surface area contributed by atoms with Gasteiger partial charge in [-0.2, -0.15) is 0 Å². The Hall–Kier alpha value is -2.49. The SMILES string of the molecule is COc1cccc(C(=O)N2CCCCC(c3ccccc3)C2)c1OC. The smallest absolute Gasteiger partial charge is 0.257 e. The molecule has 0 spiro atoms. The first-order chi connectivity index (χ1) is 12.2. The summed E-state index contributed by atoms with van der Waals surface area (Å²) in [6.07, 6.45) is 3.28. The number of ether oxygens (including phenoxy) is 2. The monoisotopic (exact) mass is 339 g/mol. The van der Waals surface area contributed by atoms with Gasteiger partial charge in [-0.1, -0.05) is 42.8 Å². The highest BCUT2D eigenvalue weighted by atomic mass is 16.5. The summed E-state index contributed by atoms with van der Waals surface area (Å²) in [5, 5.41) is 0. The summed E-state index contributed by atoms with van der Waals surface area (Å²) in [5.74, 6) is 1.49. The summed E-state index contributed by atoms with van der Waals surface area (Å²) in [7, 11) is 3.16. The molecule has 1 aliphatic rings. The molecule has 0 N–H and O–H groups in total. The van der Waals surface area contributed by atoms with E-state index in [1.54, 1.807) is 14.2 Å². The fraction of sp³-hybridized carbons (Fsp3) is 0.381. The number of likely N-dealkylation sites (tertiary alicyclic amines) is 1. The molecule has 1 fully saturated rings. The predicted octanol–water partition coefficient (Wildman–Crippen LogP) is 4.11. The Morgan fingerprint density at radius 1 is 1.00 bits per heavy atom. The lowest BCUT2D eigenvalue weighted by Gasteiger charge is -2.26. The van der Waals surface area contributed by atoms with E-state index in [1.807, 2.05) is 29.2 Å². The molecule has 132 valence electrons. The predicted molar refractivity (Wildman–Crippen MR) is 98.5 cm³/mol. The molecule has 0 saturated carbocycles. The summed E-state index contributed by atoms with van der Waals surface area (Å²) in [6, 6.07) is 15.9. The number of rotatable bonds is 4. The van der Waals surface area contributed by atoms with Crippen molar-refractivity contribution in [1.82, 2.24) is 4.90 Å². The van der Waals surface area contributed by atoms with E-state index < -0.39 is 0 Å². The molecule has 2 aromatic carbocycles. The number of amides is 1. The second kappa shape index (κ2) is 8.06. The number of hydrogen-bond donors (Lipinski definition) is 0. The fourth-order valence-electron chi connectivity index (χ4n) is 3.55. The van der Waals surface area contributed by atoms with E-state index in [4.69, 9.17) is 9.47 Å². The van der Waals surface area contributed by atoms with Gasteiger partial charge in [-0.05, 0) is 30.5 Å². The lowest BCUT2D eigenvalue weighted by molar-refractivity contribution is 0.0750. The first-order valence-electron chi connectivity index (χ1n) is 8.79. The molecule has 0 bridgehead atoms. The molecule has 1 heterocycles. The molecule has 3 rings (SSSR count). The minimum absolute atomic E-state index is 0.0126. The molecule has 4 nitrogen and oxygen atoms in total. The van der Waals surface area contributed by atoms with Gasteiger partial charge in [-0.3, -0.25) is 4.79 Å². The molecule has 1 amide bonds. The molecule has 1 atom stereocenters. The van der Waals surface area contributed by atoms with Gasteiger partial charge in [0.15, 0.2) is 11.5 Å². The number of hydrogen-bond acceptors (Lipinski definition) is 3. The molecule has 25 heavy (non-hydrogen) atoms. The second-order valence-electron chi connectivity index (χ2n) is 6.40. The fourth-order valence-corrected chi connectivity index (χ4v) is 3.55. The van der Waals surface area contributed by atoms with Crippen LogP contribution in [0.2, 0.25) is 0 Å². The summed E-state index contributed by atoms with van der Waals surface area (Å²) in [5.41, 5.74) is 1.87. The van der Waals surface area contributed by atoms with E-state index in [1.165, 1.54) is 5.56 Å². The highest BCUT2D eigenvalue weighted by Crippen LogP contribution is 2.33. The van der Waals surface area contributed by atoms with Gasteiger partial charge >= 0.3 is 0 Å². The van der Waals surface area contributed by atoms with E-state index in [9.17, 15) is 4.79 Å². The van der Waals surface area contributed by atoms with Crippen LogP contribution in [0.25, 0.3) is 0 Å². The molecule has 0 aromatic heterocycles. The zero-order valence-corrected chi connectivity index (χ0v) is 14.9. The number of methoxy groups -OCH3 is 2. The Balaban J connectivity index is 1.86. The summed E-state index contributed by atoms with van der Waals surface area (Å²) < 4.78 is 10.8. The van der Waals surface area contributed by atoms with Crippen molar-refractivity contribution < 1.29 is 14.3 Å². The molecule has 2 aromatic rings. The van der Waals surface area contributed by atoms with Gasteiger partial charge in [0.25, 0.3) is 5.91 Å². The largest absolute Gasteiger partial charge is 0.493 e. The van der Waals surface area contributed by atoms with Crippen LogP contribution in [-0.4, -0.2) is 38.1 Å². The van der Waals surface area contributed by atoms with E-state index in [0.717, 1.165) is 32.4 Å². The third kappa shape index (κ3) is 3.78. The first-order valence-corrected chi connectivity index (χ1v) is 8.79. The number of carbonyl (C=O) groups is 1. The van der Waals surface area contributed by atoms with E-state index in [0.29, 0.717) is 23.0 Å². The van der Waals surface area contributed by atoms with Gasteiger partial charge in [-0.15, -0.1) is 0 Å². The summed E-state index contributed by atoms with van der Waals surface area (Å²) in [4.78, 5) is 15.1. The Bertz CT molecular complexity index is 714. The number of para-hydroxylation sites is 1. The molecular formula is C21H25NO3. The molecule has 0 radical (unpaired) electrons. The van der Waals surface area contributed by atoms with Crippen molar-refractivity contribution in [3.63, 3.8) is 0 Å². The number of benzene rings is 2. The van der Waals surface area contributed by atoms with Gasteiger partial charge < -0.3 is 14.4 Å². The molecule has 1 saturated heterocycles. The Morgan fingerprint density at radius 2 is 1.80 bits per heavy atom. The van der Waals surface area contributed by atoms with Crippen LogP contribution in [0.15, 0.2) is 48.5 Å². The van der Waals surface area contributed by atoms with Crippen molar-refractivity contribution in [1.29, 1.82) is 0 Å². The first kappa shape index (κ1) is 17.3. The Morgan fingerprint density at radius 3 is 2.52 bits per heavy atom. The molecule has 4 heteroatoms. The normalized spacial score (nSPS) is 17.7. The highest BCUT2D eigenvalue weighted by Gasteiger charge is 2.26. The van der Waals surface area contributed by atoms with Gasteiger partial charge in [0, 0.05) is 19.0 Å². The third-order valence-corrected chi connectivity index (χ3v) is 4.86. The molecule has 1 aliphatic heterocycles. The van der Waals surface area contributed by atoms with E-state index in [2.05, 4.69) is 24.3 Å². The van der Waals surface area contributed by atoms with Crippen molar-refractivity contribution in [3.8, 4) is 11.5 Å². The topological polar surface area (TPSA) is 38.8 Å². The van der Waals surface area contributed by atoms with Gasteiger partial charge in [0.2, 0.25) is 0 Å². The highest BCUT2D eigenvalue weighted by molar-refractivity contribution is 5.97. The number of carbonyl (C=O) groups excluding carboxylic acids is 1. The van der Waals surface area contributed by atoms with Crippen LogP contribution in [0.3, 0.4) is 0 Å². The van der Waals surface area contributed by atoms with Crippen LogP contribution in [0.5, 0.6) is 11.5 Å². The van der Waals surface area contributed by atoms with Crippen molar-refractivity contribution >= 4 is 5.91 Å². The average molecular weight is 339 g/mol. The lowest BCUT2D eigenvalue weighted by atomic mass is 9.94. The summed E-state index contributed by atoms with van der Waals surface area (Å²) in [6.45, 7) is 1.52. The zero-order chi connectivity index (χ0) is 17.6. The minimum atomic E-state index is 0.0126. The van der Waals surface area contributed by atoms with Crippen molar-refractivity contribution in [2.24, 2.45) is 0 Å². The van der Waals surface area contributed by atoms with Crippen LogP contribution >= 0.6 is 0 Å². The number of nitrogens with zero attached hydrogens (tertiary/aromatic N) is 1. The van der Waals surface area contributed by atoms with Gasteiger partial charge in [0.05, 0.1) is 19.8 Å². The maximum Gasteiger partial charge on any atom is 0.257 e. The van der Waals surface area contributed by atoms with Crippen LogP contribution < -0.4 is 9.47 Å². The summed E-state index contributed by atoms with van der Waals surface area (Å²) >= 11 is 0. The Labute approximate surface area is 149 Å². The van der Waals surface area contributed by atoms with Crippen molar-refractivity contribution in [3.05, 3.63) is 59.7 Å². The van der Waals surface area contributed by atoms with Crippen LogP contribution in [-0.2, 0) is 0 Å². The van der Waals surface area contributed by atoms with Crippen molar-refractivity contribution in [2.45, 2.75) is 25.2 Å². The molecule has 0 aliphatic carbocycles.